The summed E-state index contributed by atoms with van der Waals surface area (Å²) in [6.07, 6.45) is 6.34. The zero-order valence-electron chi connectivity index (χ0n) is 10.7. The summed E-state index contributed by atoms with van der Waals surface area (Å²) in [5.41, 5.74) is 0. The van der Waals surface area contributed by atoms with Crippen LogP contribution in [0, 0.1) is 5.92 Å². The van der Waals surface area contributed by atoms with Gasteiger partial charge >= 0.3 is 5.97 Å². The molecule has 0 aromatic carbocycles. The summed E-state index contributed by atoms with van der Waals surface area (Å²) in [5, 5.41) is 15.2. The van der Waals surface area contributed by atoms with Gasteiger partial charge in [0.1, 0.15) is 0 Å². The first-order valence-corrected chi connectivity index (χ1v) is 6.93. The number of carbonyl (C=O) groups is 2. The van der Waals surface area contributed by atoms with Gasteiger partial charge in [-0.1, -0.05) is 12.8 Å². The number of carbonyl (C=O) groups excluding carboxylic acids is 1. The molecule has 18 heavy (non-hydrogen) atoms. The molecule has 2 aliphatic rings. The summed E-state index contributed by atoms with van der Waals surface area (Å²) >= 11 is 0. The number of hydrogen-bond acceptors (Lipinski definition) is 3. The van der Waals surface area contributed by atoms with Crippen LogP contribution < -0.4 is 10.6 Å². The van der Waals surface area contributed by atoms with E-state index in [9.17, 15) is 9.59 Å². The zero-order valence-corrected chi connectivity index (χ0v) is 10.7. The predicted octanol–water partition coefficient (Wildman–Crippen LogP) is 0.888. The lowest BCUT2D eigenvalue weighted by molar-refractivity contribution is -0.141. The number of rotatable bonds is 3. The van der Waals surface area contributed by atoms with Gasteiger partial charge < -0.3 is 15.7 Å². The highest BCUT2D eigenvalue weighted by Gasteiger charge is 2.31. The minimum atomic E-state index is -0.737. The van der Waals surface area contributed by atoms with E-state index in [2.05, 4.69) is 10.6 Å². The first-order valence-electron chi connectivity index (χ1n) is 6.93. The molecule has 0 aromatic rings. The van der Waals surface area contributed by atoms with Crippen LogP contribution in [0.3, 0.4) is 0 Å². The van der Waals surface area contributed by atoms with Crippen molar-refractivity contribution in [1.29, 1.82) is 0 Å². The van der Waals surface area contributed by atoms with Gasteiger partial charge in [-0.25, -0.2) is 0 Å². The molecule has 0 spiro atoms. The predicted molar refractivity (Wildman–Crippen MR) is 67.2 cm³/mol. The average Bonchev–Trinajstić information content (AvgIpc) is 2.64. The quantitative estimate of drug-likeness (QED) is 0.699. The number of hydrogen-bond donors (Lipinski definition) is 3. The highest BCUT2D eigenvalue weighted by molar-refractivity contribution is 5.82. The van der Waals surface area contributed by atoms with Gasteiger partial charge in [0.05, 0.1) is 12.0 Å². The molecule has 1 saturated carbocycles. The Morgan fingerprint density at radius 3 is 2.67 bits per heavy atom. The van der Waals surface area contributed by atoms with Crippen LogP contribution in [-0.4, -0.2) is 35.6 Å². The fourth-order valence-electron chi connectivity index (χ4n) is 2.89. The van der Waals surface area contributed by atoms with Gasteiger partial charge in [-0.3, -0.25) is 9.59 Å². The van der Waals surface area contributed by atoms with Gasteiger partial charge in [-0.2, -0.15) is 0 Å². The highest BCUT2D eigenvalue weighted by atomic mass is 16.4. The Kier molecular flexibility index (Phi) is 4.58. The maximum atomic E-state index is 12.1. The smallest absolute Gasteiger partial charge is 0.306 e. The molecule has 0 radical (unpaired) electrons. The van der Waals surface area contributed by atoms with Crippen LogP contribution in [0.5, 0.6) is 0 Å². The zero-order chi connectivity index (χ0) is 13.0. The minimum absolute atomic E-state index is 0.0450. The van der Waals surface area contributed by atoms with E-state index in [1.165, 1.54) is 6.42 Å². The van der Waals surface area contributed by atoms with E-state index < -0.39 is 5.97 Å². The molecule has 1 heterocycles. The summed E-state index contributed by atoms with van der Waals surface area (Å²) in [7, 11) is 0. The third-order valence-electron chi connectivity index (χ3n) is 4.01. The van der Waals surface area contributed by atoms with Gasteiger partial charge in [-0.05, 0) is 38.6 Å². The van der Waals surface area contributed by atoms with Crippen molar-refractivity contribution >= 4 is 11.9 Å². The summed E-state index contributed by atoms with van der Waals surface area (Å²) < 4.78 is 0. The number of amides is 1. The standard InChI is InChI=1S/C13H22N2O3/c16-12(11-4-2-1-3-7-14-11)15-10-6-5-9(8-10)13(17)18/h9-11,14H,1-8H2,(H,15,16)(H,17,18). The third kappa shape index (κ3) is 3.45. The molecule has 1 aliphatic heterocycles. The summed E-state index contributed by atoms with van der Waals surface area (Å²) in [6, 6.07) is -0.0416. The second-order valence-electron chi connectivity index (χ2n) is 5.41. The van der Waals surface area contributed by atoms with Crippen molar-refractivity contribution in [1.82, 2.24) is 10.6 Å². The fraction of sp³-hybridized carbons (Fsp3) is 0.846. The summed E-state index contributed by atoms with van der Waals surface area (Å²) in [5.74, 6) is -0.968. The molecular weight excluding hydrogens is 232 g/mol. The van der Waals surface area contributed by atoms with Crippen molar-refractivity contribution in [2.45, 2.75) is 57.0 Å². The number of aliphatic carboxylic acids is 1. The van der Waals surface area contributed by atoms with Crippen LogP contribution in [-0.2, 0) is 9.59 Å². The molecule has 3 unspecified atom stereocenters. The molecule has 0 bridgehead atoms. The Balaban J connectivity index is 1.78. The van der Waals surface area contributed by atoms with E-state index in [0.717, 1.165) is 32.2 Å². The van der Waals surface area contributed by atoms with Crippen LogP contribution in [0.2, 0.25) is 0 Å². The lowest BCUT2D eigenvalue weighted by Gasteiger charge is -2.19. The molecule has 102 valence electrons. The lowest BCUT2D eigenvalue weighted by Crippen LogP contribution is -2.47. The number of nitrogens with one attached hydrogen (secondary N) is 2. The minimum Gasteiger partial charge on any atom is -0.481 e. The van der Waals surface area contributed by atoms with Crippen LogP contribution >= 0.6 is 0 Å². The van der Waals surface area contributed by atoms with Gasteiger partial charge in [0.15, 0.2) is 0 Å². The lowest BCUT2D eigenvalue weighted by atomic mass is 10.1. The van der Waals surface area contributed by atoms with Crippen LogP contribution in [0.4, 0.5) is 0 Å². The van der Waals surface area contributed by atoms with Gasteiger partial charge in [0, 0.05) is 6.04 Å². The summed E-state index contributed by atoms with van der Waals surface area (Å²) in [4.78, 5) is 22.9. The summed E-state index contributed by atoms with van der Waals surface area (Å²) in [6.45, 7) is 0.903. The SMILES string of the molecule is O=C(O)C1CCC(NC(=O)C2CCCCCN2)C1. The Bertz CT molecular complexity index is 311. The molecule has 3 N–H and O–H groups in total. The first kappa shape index (κ1) is 13.3. The molecular formula is C13H22N2O3. The van der Waals surface area contributed by atoms with E-state index in [0.29, 0.717) is 12.8 Å². The first-order chi connectivity index (χ1) is 8.66. The molecule has 5 nitrogen and oxygen atoms in total. The molecule has 1 saturated heterocycles. The molecule has 5 heteroatoms. The van der Waals surface area contributed by atoms with E-state index >= 15 is 0 Å². The maximum absolute atomic E-state index is 12.1. The molecule has 0 aromatic heterocycles. The van der Waals surface area contributed by atoms with E-state index in [-0.39, 0.29) is 23.9 Å². The van der Waals surface area contributed by atoms with Crippen LogP contribution in [0.25, 0.3) is 0 Å². The fourth-order valence-corrected chi connectivity index (χ4v) is 2.89. The molecule has 1 amide bonds. The van der Waals surface area contributed by atoms with E-state index in [4.69, 9.17) is 5.11 Å². The van der Waals surface area contributed by atoms with Gasteiger partial charge in [-0.15, -0.1) is 0 Å². The Morgan fingerprint density at radius 1 is 1.11 bits per heavy atom. The van der Waals surface area contributed by atoms with Crippen molar-refractivity contribution in [2.75, 3.05) is 6.54 Å². The largest absolute Gasteiger partial charge is 0.481 e. The van der Waals surface area contributed by atoms with Crippen molar-refractivity contribution in [3.63, 3.8) is 0 Å². The van der Waals surface area contributed by atoms with Crippen molar-refractivity contribution < 1.29 is 14.7 Å². The van der Waals surface area contributed by atoms with Gasteiger partial charge in [0.25, 0.3) is 0 Å². The maximum Gasteiger partial charge on any atom is 0.306 e. The van der Waals surface area contributed by atoms with Crippen LogP contribution in [0.15, 0.2) is 0 Å². The Hall–Kier alpha value is -1.10. The normalized spacial score (nSPS) is 32.8. The molecule has 2 fully saturated rings. The topological polar surface area (TPSA) is 78.4 Å². The average molecular weight is 254 g/mol. The molecule has 1 aliphatic carbocycles. The third-order valence-corrected chi connectivity index (χ3v) is 4.01. The number of carboxylic acid groups (broad SMARTS) is 1. The molecule has 2 rings (SSSR count). The van der Waals surface area contributed by atoms with E-state index in [1.54, 1.807) is 0 Å². The monoisotopic (exact) mass is 254 g/mol. The second kappa shape index (κ2) is 6.18. The molecule has 3 atom stereocenters. The Labute approximate surface area is 107 Å². The highest BCUT2D eigenvalue weighted by Crippen LogP contribution is 2.25. The van der Waals surface area contributed by atoms with E-state index in [1.807, 2.05) is 0 Å². The number of carboxylic acids is 1. The van der Waals surface area contributed by atoms with Crippen LogP contribution in [0.1, 0.15) is 44.9 Å². The van der Waals surface area contributed by atoms with Gasteiger partial charge in [0.2, 0.25) is 5.91 Å². The van der Waals surface area contributed by atoms with Crippen molar-refractivity contribution in [3.05, 3.63) is 0 Å². The Morgan fingerprint density at radius 2 is 1.94 bits per heavy atom. The second-order valence-corrected chi connectivity index (χ2v) is 5.41. The van der Waals surface area contributed by atoms with Crippen molar-refractivity contribution in [2.24, 2.45) is 5.92 Å². The van der Waals surface area contributed by atoms with Crippen molar-refractivity contribution in [3.8, 4) is 0 Å².